The van der Waals surface area contributed by atoms with E-state index in [9.17, 15) is 19.5 Å². The number of amides is 2. The van der Waals surface area contributed by atoms with Crippen molar-refractivity contribution < 1.29 is 19.4 Å². The van der Waals surface area contributed by atoms with Gasteiger partial charge in [0, 0.05) is 50.2 Å². The largest absolute Gasteiger partial charge is 0.489 e. The van der Waals surface area contributed by atoms with Crippen LogP contribution in [0.25, 0.3) is 10.8 Å². The predicted molar refractivity (Wildman–Crippen MR) is 138 cm³/mol. The third-order valence-corrected chi connectivity index (χ3v) is 6.46. The van der Waals surface area contributed by atoms with Gasteiger partial charge >= 0.3 is 0 Å². The summed E-state index contributed by atoms with van der Waals surface area (Å²) in [5.41, 5.74) is 1.64. The molecule has 1 aliphatic rings. The SMILES string of the molecule is CNC(=O)c1cc(C)ccc1OC1CCN(C[C@H](O)CNC(=O)c2c[nH]c(=O)c3ccccc23)CC1. The summed E-state index contributed by atoms with van der Waals surface area (Å²) in [6.07, 6.45) is 2.18. The number of likely N-dealkylation sites (tertiary alicyclic amines) is 1. The third-order valence-electron chi connectivity index (χ3n) is 6.46. The molecule has 4 N–H and O–H groups in total. The Labute approximate surface area is 209 Å². The number of nitrogens with one attached hydrogen (secondary N) is 3. The first kappa shape index (κ1) is 25.4. The molecule has 0 saturated carbocycles. The first-order valence-corrected chi connectivity index (χ1v) is 12.1. The van der Waals surface area contributed by atoms with Crippen molar-refractivity contribution in [2.45, 2.75) is 32.0 Å². The Balaban J connectivity index is 1.26. The maximum atomic E-state index is 12.7. The van der Waals surface area contributed by atoms with E-state index in [1.807, 2.05) is 25.1 Å². The number of aromatic amines is 1. The molecular formula is C27H32N4O5. The van der Waals surface area contributed by atoms with Crippen LogP contribution in [0, 0.1) is 6.92 Å². The molecule has 0 radical (unpaired) electrons. The fourth-order valence-electron chi connectivity index (χ4n) is 4.51. The molecule has 1 aromatic heterocycles. The monoisotopic (exact) mass is 492 g/mol. The number of fused-ring (bicyclic) bond motifs is 1. The number of ether oxygens (including phenoxy) is 1. The number of hydrogen-bond acceptors (Lipinski definition) is 6. The van der Waals surface area contributed by atoms with Crippen molar-refractivity contribution in [1.82, 2.24) is 20.5 Å². The van der Waals surface area contributed by atoms with Gasteiger partial charge in [0.15, 0.2) is 0 Å². The second-order valence-electron chi connectivity index (χ2n) is 9.14. The molecule has 1 fully saturated rings. The van der Waals surface area contributed by atoms with Gasteiger partial charge < -0.3 is 30.4 Å². The summed E-state index contributed by atoms with van der Waals surface area (Å²) >= 11 is 0. The van der Waals surface area contributed by atoms with Gasteiger partial charge in [-0.3, -0.25) is 14.4 Å². The van der Waals surface area contributed by atoms with E-state index >= 15 is 0 Å². The van der Waals surface area contributed by atoms with Crippen molar-refractivity contribution in [2.24, 2.45) is 0 Å². The number of aryl methyl sites for hydroxylation is 1. The molecular weight excluding hydrogens is 460 g/mol. The molecule has 0 unspecified atom stereocenters. The van der Waals surface area contributed by atoms with E-state index in [1.165, 1.54) is 6.20 Å². The molecule has 1 saturated heterocycles. The van der Waals surface area contributed by atoms with Gasteiger partial charge in [0.1, 0.15) is 11.9 Å². The number of carbonyl (C=O) groups is 2. The van der Waals surface area contributed by atoms with Gasteiger partial charge in [-0.1, -0.05) is 29.8 Å². The Morgan fingerprint density at radius 2 is 1.83 bits per heavy atom. The van der Waals surface area contributed by atoms with Gasteiger partial charge in [0.2, 0.25) is 0 Å². The molecule has 0 aliphatic carbocycles. The number of rotatable bonds is 8. The molecule has 1 aliphatic heterocycles. The van der Waals surface area contributed by atoms with Gasteiger partial charge in [-0.25, -0.2) is 0 Å². The van der Waals surface area contributed by atoms with Gasteiger partial charge in [-0.05, 0) is 38.0 Å². The maximum absolute atomic E-state index is 12.7. The number of aliphatic hydroxyl groups is 1. The number of β-amino-alcohol motifs (C(OH)–C–C–N with tert-alkyl or cyclic N) is 1. The lowest BCUT2D eigenvalue weighted by Crippen LogP contribution is -2.45. The Hall–Kier alpha value is -3.69. The van der Waals surface area contributed by atoms with E-state index < -0.39 is 6.10 Å². The van der Waals surface area contributed by atoms with Crippen molar-refractivity contribution in [3.05, 3.63) is 75.7 Å². The van der Waals surface area contributed by atoms with Gasteiger partial charge in [0.25, 0.3) is 17.4 Å². The number of H-pyrrole nitrogens is 1. The van der Waals surface area contributed by atoms with Crippen molar-refractivity contribution in [1.29, 1.82) is 0 Å². The normalized spacial score (nSPS) is 15.4. The van der Waals surface area contributed by atoms with Crippen LogP contribution in [0.1, 0.15) is 39.1 Å². The van der Waals surface area contributed by atoms with Gasteiger partial charge in [-0.2, -0.15) is 0 Å². The minimum Gasteiger partial charge on any atom is -0.489 e. The number of pyridine rings is 1. The Morgan fingerprint density at radius 1 is 1.11 bits per heavy atom. The fraction of sp³-hybridized carbons (Fsp3) is 0.370. The zero-order valence-corrected chi connectivity index (χ0v) is 20.5. The van der Waals surface area contributed by atoms with Crippen LogP contribution in [0.15, 0.2) is 53.5 Å². The number of benzene rings is 2. The number of aromatic nitrogens is 1. The van der Waals surface area contributed by atoms with Crippen LogP contribution < -0.4 is 20.9 Å². The molecule has 2 heterocycles. The Kier molecular flexibility index (Phi) is 8.02. The zero-order chi connectivity index (χ0) is 25.7. The minimum atomic E-state index is -0.739. The van der Waals surface area contributed by atoms with Crippen molar-refractivity contribution in [3.8, 4) is 5.75 Å². The molecule has 0 spiro atoms. The summed E-state index contributed by atoms with van der Waals surface area (Å²) < 4.78 is 6.16. The summed E-state index contributed by atoms with van der Waals surface area (Å²) in [4.78, 5) is 41.6. The smallest absolute Gasteiger partial charge is 0.255 e. The molecule has 190 valence electrons. The van der Waals surface area contributed by atoms with E-state index in [-0.39, 0.29) is 30.0 Å². The quantitative estimate of drug-likeness (QED) is 0.380. The van der Waals surface area contributed by atoms with Crippen LogP contribution in [-0.2, 0) is 0 Å². The maximum Gasteiger partial charge on any atom is 0.255 e. The Morgan fingerprint density at radius 3 is 2.56 bits per heavy atom. The van der Waals surface area contributed by atoms with Crippen molar-refractivity contribution >= 4 is 22.6 Å². The summed E-state index contributed by atoms with van der Waals surface area (Å²) in [5, 5.41) is 17.0. The molecule has 2 aromatic carbocycles. The number of nitrogens with zero attached hydrogens (tertiary/aromatic N) is 1. The average Bonchev–Trinajstić information content (AvgIpc) is 2.89. The first-order valence-electron chi connectivity index (χ1n) is 12.1. The topological polar surface area (TPSA) is 124 Å². The van der Waals surface area contributed by atoms with E-state index in [0.29, 0.717) is 34.2 Å². The number of piperidine rings is 1. The molecule has 9 nitrogen and oxygen atoms in total. The highest BCUT2D eigenvalue weighted by Gasteiger charge is 2.24. The average molecular weight is 493 g/mol. The van der Waals surface area contributed by atoms with Crippen LogP contribution in [0.5, 0.6) is 5.75 Å². The lowest BCUT2D eigenvalue weighted by molar-refractivity contribution is 0.0588. The van der Waals surface area contributed by atoms with E-state index in [4.69, 9.17) is 4.74 Å². The molecule has 3 aromatic rings. The first-order chi connectivity index (χ1) is 17.4. The minimum absolute atomic E-state index is 0.0160. The number of carbonyl (C=O) groups excluding carboxylic acids is 2. The molecule has 4 rings (SSSR count). The second-order valence-corrected chi connectivity index (χ2v) is 9.14. The summed E-state index contributed by atoms with van der Waals surface area (Å²) in [6, 6.07) is 12.5. The predicted octanol–water partition coefficient (Wildman–Crippen LogP) is 1.83. The fourth-order valence-corrected chi connectivity index (χ4v) is 4.51. The highest BCUT2D eigenvalue weighted by molar-refractivity contribution is 6.06. The number of aliphatic hydroxyl groups excluding tert-OH is 1. The summed E-state index contributed by atoms with van der Waals surface area (Å²) in [5.74, 6) is 0.0562. The lowest BCUT2D eigenvalue weighted by atomic mass is 10.1. The third kappa shape index (κ3) is 5.92. The number of hydrogen-bond donors (Lipinski definition) is 4. The van der Waals surface area contributed by atoms with Crippen LogP contribution in [0.4, 0.5) is 0 Å². The molecule has 9 heteroatoms. The van der Waals surface area contributed by atoms with Gasteiger partial charge in [0.05, 0.1) is 17.2 Å². The molecule has 0 bridgehead atoms. The van der Waals surface area contributed by atoms with Crippen LogP contribution >= 0.6 is 0 Å². The summed E-state index contributed by atoms with van der Waals surface area (Å²) in [6.45, 7) is 3.93. The standard InChI is InChI=1S/C27H32N4O5/c1-17-7-8-24(22(13-17)25(33)28-2)36-19-9-11-31(12-10-19)16-18(32)14-29-27(35)23-15-30-26(34)21-6-4-3-5-20(21)23/h3-8,13,15,18-19,32H,9-12,14,16H2,1-2H3,(H,28,33)(H,29,35)(H,30,34)/t18-/m1/s1. The van der Waals surface area contributed by atoms with E-state index in [0.717, 1.165) is 31.5 Å². The molecule has 36 heavy (non-hydrogen) atoms. The zero-order valence-electron chi connectivity index (χ0n) is 20.5. The van der Waals surface area contributed by atoms with E-state index in [1.54, 1.807) is 31.3 Å². The second kappa shape index (κ2) is 11.4. The molecule has 2 amide bonds. The van der Waals surface area contributed by atoms with Crippen LogP contribution in [0.3, 0.4) is 0 Å². The van der Waals surface area contributed by atoms with Crippen molar-refractivity contribution in [2.75, 3.05) is 33.2 Å². The highest BCUT2D eigenvalue weighted by Crippen LogP contribution is 2.24. The van der Waals surface area contributed by atoms with Crippen LogP contribution in [0.2, 0.25) is 0 Å². The summed E-state index contributed by atoms with van der Waals surface area (Å²) in [7, 11) is 1.60. The van der Waals surface area contributed by atoms with Crippen LogP contribution in [-0.4, -0.2) is 72.2 Å². The highest BCUT2D eigenvalue weighted by atomic mass is 16.5. The van der Waals surface area contributed by atoms with Crippen molar-refractivity contribution in [3.63, 3.8) is 0 Å². The van der Waals surface area contributed by atoms with E-state index in [2.05, 4.69) is 20.5 Å². The molecule has 1 atom stereocenters. The van der Waals surface area contributed by atoms with Gasteiger partial charge in [-0.15, -0.1) is 0 Å². The lowest BCUT2D eigenvalue weighted by Gasteiger charge is -2.33. The Bertz CT molecular complexity index is 1300.